The van der Waals surface area contributed by atoms with Crippen molar-refractivity contribution >= 4 is 15.4 Å². The first-order valence-electron chi connectivity index (χ1n) is 9.75. The topological polar surface area (TPSA) is 0 Å². The Bertz CT molecular complexity index is 1160. The summed E-state index contributed by atoms with van der Waals surface area (Å²) in [5.74, 6) is 0.797. The van der Waals surface area contributed by atoms with Crippen LogP contribution >= 0.6 is 0 Å². The Morgan fingerprint density at radius 3 is 1.89 bits per heavy atom. The van der Waals surface area contributed by atoms with Crippen molar-refractivity contribution in [2.24, 2.45) is 0 Å². The molecule has 0 aromatic heterocycles. The zero-order chi connectivity index (χ0) is 18.0. The summed E-state index contributed by atoms with van der Waals surface area (Å²) < 4.78 is 1.57. The summed E-state index contributed by atoms with van der Waals surface area (Å²) in [4.78, 5) is 0. The van der Waals surface area contributed by atoms with Gasteiger partial charge in [0, 0.05) is 0 Å². The van der Waals surface area contributed by atoms with Gasteiger partial charge in [-0.2, -0.15) is 0 Å². The first-order chi connectivity index (χ1) is 13.3. The third kappa shape index (κ3) is 2.60. The van der Waals surface area contributed by atoms with Crippen molar-refractivity contribution in [2.45, 2.75) is 24.7 Å². The normalized spacial score (nSPS) is 20.1. The van der Waals surface area contributed by atoms with Crippen molar-refractivity contribution in [1.82, 2.24) is 0 Å². The molecule has 2 heteroatoms. The van der Waals surface area contributed by atoms with Gasteiger partial charge in [0.25, 0.3) is 0 Å². The molecule has 0 bridgehead atoms. The summed E-state index contributed by atoms with van der Waals surface area (Å²) >= 11 is 1.55. The van der Waals surface area contributed by atoms with Crippen molar-refractivity contribution < 1.29 is 37.1 Å². The maximum absolute atomic E-state index is 2.53. The molecule has 0 spiro atoms. The minimum absolute atomic E-state index is 0. The van der Waals surface area contributed by atoms with Crippen LogP contribution in [-0.2, 0) is 37.6 Å². The molecule has 0 saturated carbocycles. The van der Waals surface area contributed by atoms with Crippen LogP contribution in [0, 0.1) is 0 Å². The Balaban J connectivity index is 0.00000171. The fourth-order valence-electron chi connectivity index (χ4n) is 5.11. The fourth-order valence-corrected chi connectivity index (χ4v) is 6.17. The van der Waals surface area contributed by atoms with E-state index in [4.69, 9.17) is 0 Å². The van der Waals surface area contributed by atoms with Crippen LogP contribution in [0.3, 0.4) is 0 Å². The molecule has 2 atom stereocenters. The molecule has 0 nitrogen and oxygen atoms in total. The van der Waals surface area contributed by atoms with Crippen molar-refractivity contribution in [2.75, 3.05) is 0 Å². The maximum atomic E-state index is 2.53. The molecule has 0 radical (unpaired) electrons. The predicted octanol–water partition coefficient (Wildman–Crippen LogP) is 2.28. The average molecular weight is 458 g/mol. The number of fused-ring (bicyclic) bond motifs is 3. The molecule has 0 heterocycles. The van der Waals surface area contributed by atoms with Gasteiger partial charge in [-0.25, -0.2) is 0 Å². The van der Waals surface area contributed by atoms with Crippen molar-refractivity contribution in [3.63, 3.8) is 0 Å². The van der Waals surface area contributed by atoms with Gasteiger partial charge in [-0.15, -0.1) is 0 Å². The number of benzene rings is 3. The number of hydrogen-bond acceptors (Lipinski definition) is 0. The Kier molecular flexibility index (Phi) is 4.57. The van der Waals surface area contributed by atoms with Crippen LogP contribution in [0.2, 0.25) is 0 Å². The summed E-state index contributed by atoms with van der Waals surface area (Å²) in [5, 5.41) is 0. The summed E-state index contributed by atoms with van der Waals surface area (Å²) in [6, 6.07) is 20.3. The zero-order valence-electron chi connectivity index (χ0n) is 15.5. The van der Waals surface area contributed by atoms with Gasteiger partial charge in [0.2, 0.25) is 0 Å². The monoisotopic (exact) mass is 456 g/mol. The second-order valence-electron chi connectivity index (χ2n) is 7.82. The molecule has 3 aromatic carbocycles. The summed E-state index contributed by atoms with van der Waals surface area (Å²) in [6.45, 7) is 0. The average Bonchev–Trinajstić information content (AvgIpc) is 3.27. The molecule has 134 valence electrons. The van der Waals surface area contributed by atoms with Gasteiger partial charge in [0.15, 0.2) is 0 Å². The SMILES string of the molecule is [Cl-].[Zr+][c]1cc(C2C=Cc3ccccc32)c(C2C=Cc3ccccc32)c2c1CC2. The number of hydrogen-bond donors (Lipinski definition) is 0. The molecule has 3 aromatic rings. The number of rotatable bonds is 2. The third-order valence-corrected chi connectivity index (χ3v) is 7.59. The number of halogens is 1. The van der Waals surface area contributed by atoms with E-state index in [9.17, 15) is 0 Å². The van der Waals surface area contributed by atoms with Crippen molar-refractivity contribution in [1.29, 1.82) is 0 Å². The molecule has 0 amide bonds. The summed E-state index contributed by atoms with van der Waals surface area (Å²) in [5.41, 5.74) is 12.1. The van der Waals surface area contributed by atoms with Crippen LogP contribution in [-0.4, -0.2) is 0 Å². The Morgan fingerprint density at radius 1 is 0.679 bits per heavy atom. The molecule has 2 unspecified atom stereocenters. The summed E-state index contributed by atoms with van der Waals surface area (Å²) in [7, 11) is 0. The Morgan fingerprint density at radius 2 is 1.25 bits per heavy atom. The molecule has 3 aliphatic rings. The van der Waals surface area contributed by atoms with Crippen LogP contribution in [0.1, 0.15) is 56.3 Å². The van der Waals surface area contributed by atoms with E-state index in [1.807, 2.05) is 0 Å². The van der Waals surface area contributed by atoms with E-state index in [-0.39, 0.29) is 12.4 Å². The van der Waals surface area contributed by atoms with E-state index in [0.29, 0.717) is 11.8 Å². The van der Waals surface area contributed by atoms with E-state index in [1.54, 1.807) is 44.7 Å². The van der Waals surface area contributed by atoms with E-state index < -0.39 is 0 Å². The van der Waals surface area contributed by atoms with E-state index in [2.05, 4.69) is 78.9 Å². The van der Waals surface area contributed by atoms with Crippen LogP contribution in [0.5, 0.6) is 0 Å². The first-order valence-corrected chi connectivity index (χ1v) is 11.0. The van der Waals surface area contributed by atoms with Crippen LogP contribution < -0.4 is 15.7 Å². The third-order valence-electron chi connectivity index (χ3n) is 6.50. The number of allylic oxidation sites excluding steroid dienone is 2. The second kappa shape index (κ2) is 6.98. The molecule has 3 aliphatic carbocycles. The van der Waals surface area contributed by atoms with Gasteiger partial charge in [-0.3, -0.25) is 0 Å². The van der Waals surface area contributed by atoms with E-state index in [0.717, 1.165) is 0 Å². The molecule has 0 fully saturated rings. The van der Waals surface area contributed by atoms with Crippen molar-refractivity contribution in [3.05, 3.63) is 111 Å². The molecular weight excluding hydrogens is 439 g/mol. The molecule has 0 N–H and O–H groups in total. The van der Waals surface area contributed by atoms with Gasteiger partial charge in [0.1, 0.15) is 0 Å². The zero-order valence-corrected chi connectivity index (χ0v) is 18.7. The molecule has 0 saturated heterocycles. The first kappa shape index (κ1) is 18.3. The molecule has 6 rings (SSSR count). The van der Waals surface area contributed by atoms with Crippen molar-refractivity contribution in [3.8, 4) is 0 Å². The molecule has 28 heavy (non-hydrogen) atoms. The van der Waals surface area contributed by atoms with Gasteiger partial charge < -0.3 is 12.4 Å². The van der Waals surface area contributed by atoms with Crippen LogP contribution in [0.4, 0.5) is 0 Å². The van der Waals surface area contributed by atoms with Gasteiger partial charge in [-0.1, -0.05) is 0 Å². The Hall–Kier alpha value is -1.69. The Labute approximate surface area is 187 Å². The standard InChI is InChI=1S/C26H19.ClH.Zr/c1-3-7-20-17(5-1)10-14-23(20)25-16-12-19-9-13-22(19)26(25)24-15-11-18-6-2-4-8-21(18)24;;/h1-8,10-11,14-16,23-24H,9,13H2;1H;/q;;+1/p-1. The molecule has 0 aliphatic heterocycles. The van der Waals surface area contributed by atoms with Crippen LogP contribution in [0.25, 0.3) is 12.2 Å². The quantitative estimate of drug-likeness (QED) is 0.554. The predicted molar refractivity (Wildman–Crippen MR) is 108 cm³/mol. The summed E-state index contributed by atoms with van der Waals surface area (Å²) in [6.07, 6.45) is 12.0. The van der Waals surface area contributed by atoms with Gasteiger partial charge in [0.05, 0.1) is 0 Å². The van der Waals surface area contributed by atoms with Gasteiger partial charge >= 0.3 is 176 Å². The van der Waals surface area contributed by atoms with Crippen LogP contribution in [0.15, 0.2) is 66.7 Å². The fraction of sp³-hybridized carbons (Fsp3) is 0.154. The van der Waals surface area contributed by atoms with E-state index in [1.165, 1.54) is 40.7 Å². The minimum atomic E-state index is 0. The van der Waals surface area contributed by atoms with Gasteiger partial charge in [-0.05, 0) is 0 Å². The van der Waals surface area contributed by atoms with E-state index >= 15 is 0 Å². The molecular formula is C26H19ClZr. The second-order valence-corrected chi connectivity index (χ2v) is 9.14.